The number of nitrogens with zero attached hydrogens (tertiary/aromatic N) is 1. The van der Waals surface area contributed by atoms with Gasteiger partial charge in [0.25, 0.3) is 0 Å². The minimum Gasteiger partial charge on any atom is -0.403 e. The first-order valence-corrected chi connectivity index (χ1v) is 6.85. The summed E-state index contributed by atoms with van der Waals surface area (Å²) in [6, 6.07) is 0. The first-order valence-electron chi connectivity index (χ1n) is 6.85. The van der Waals surface area contributed by atoms with Gasteiger partial charge in [0.15, 0.2) is 0 Å². The summed E-state index contributed by atoms with van der Waals surface area (Å²) < 4.78 is 0. The maximum Gasteiger partial charge on any atom is 0.102 e. The predicted octanol–water partition coefficient (Wildman–Crippen LogP) is 4.20. The van der Waals surface area contributed by atoms with Crippen LogP contribution in [-0.2, 0) is 0 Å². The molecule has 1 aromatic heterocycles. The summed E-state index contributed by atoms with van der Waals surface area (Å²) in [5.41, 5.74) is 9.44. The molecule has 0 spiro atoms. The Kier molecular flexibility index (Phi) is 96.2. The standard InChI is InChI=1S/C4H6N2.C2H6N2.4C2H6/c1-4-5-2-3-6-4;3-1-2-4;4*1-2/h2-3H,1H3,(H,5,6);1-2H,3-4H2;4*1-2H3/b;2-1-;;;;. The summed E-state index contributed by atoms with van der Waals surface area (Å²) in [4.78, 5) is 6.75. The number of nitrogens with two attached hydrogens (primary N) is 2. The molecule has 0 saturated heterocycles. The fraction of sp³-hybridized carbons (Fsp3) is 0.643. The quantitative estimate of drug-likeness (QED) is 0.654. The molecule has 0 amide bonds. The van der Waals surface area contributed by atoms with E-state index in [-0.39, 0.29) is 0 Å². The molecule has 5 N–H and O–H groups in total. The van der Waals surface area contributed by atoms with Crippen LogP contribution >= 0.6 is 0 Å². The zero-order chi connectivity index (χ0) is 15.8. The Balaban J connectivity index is -0.0000000418. The van der Waals surface area contributed by atoms with Crippen LogP contribution in [0, 0.1) is 6.92 Å². The molecule has 112 valence electrons. The van der Waals surface area contributed by atoms with Crippen LogP contribution in [0.1, 0.15) is 61.2 Å². The number of imidazole rings is 1. The van der Waals surface area contributed by atoms with Gasteiger partial charge in [-0.15, -0.1) is 0 Å². The van der Waals surface area contributed by atoms with Crippen molar-refractivity contribution in [3.63, 3.8) is 0 Å². The third kappa shape index (κ3) is 62.3. The van der Waals surface area contributed by atoms with E-state index in [1.165, 1.54) is 12.4 Å². The highest BCUT2D eigenvalue weighted by Crippen LogP contribution is 1.78. The molecule has 18 heavy (non-hydrogen) atoms. The number of H-pyrrole nitrogens is 1. The summed E-state index contributed by atoms with van der Waals surface area (Å²) in [6.45, 7) is 17.9. The van der Waals surface area contributed by atoms with Crippen LogP contribution in [0.5, 0.6) is 0 Å². The largest absolute Gasteiger partial charge is 0.403 e. The first-order chi connectivity index (χ1) is 8.81. The van der Waals surface area contributed by atoms with Gasteiger partial charge in [0.05, 0.1) is 0 Å². The number of nitrogens with one attached hydrogen (secondary N) is 1. The highest BCUT2D eigenvalue weighted by molar-refractivity contribution is 4.80. The topological polar surface area (TPSA) is 80.7 Å². The fourth-order valence-corrected chi connectivity index (χ4v) is 0.344. The lowest BCUT2D eigenvalue weighted by molar-refractivity contribution is 1.15. The third-order valence-electron chi connectivity index (χ3n) is 0.746. The lowest BCUT2D eigenvalue weighted by Crippen LogP contribution is -1.81. The Morgan fingerprint density at radius 1 is 0.889 bits per heavy atom. The molecule has 0 aromatic carbocycles. The highest BCUT2D eigenvalue weighted by Gasteiger charge is 1.73. The molecule has 0 atom stereocenters. The van der Waals surface area contributed by atoms with Crippen molar-refractivity contribution < 1.29 is 0 Å². The summed E-state index contributed by atoms with van der Waals surface area (Å²) in [5.74, 6) is 0.968. The molecule has 4 nitrogen and oxygen atoms in total. The Morgan fingerprint density at radius 3 is 1.28 bits per heavy atom. The van der Waals surface area contributed by atoms with E-state index in [0.29, 0.717) is 0 Å². The van der Waals surface area contributed by atoms with E-state index in [9.17, 15) is 0 Å². The smallest absolute Gasteiger partial charge is 0.102 e. The molecular formula is C14H36N4. The van der Waals surface area contributed by atoms with Gasteiger partial charge < -0.3 is 16.5 Å². The lowest BCUT2D eigenvalue weighted by Gasteiger charge is -1.68. The fourth-order valence-electron chi connectivity index (χ4n) is 0.344. The minimum absolute atomic E-state index is 0.968. The average Bonchev–Trinajstić information content (AvgIpc) is 2.99. The van der Waals surface area contributed by atoms with Gasteiger partial charge in [0.1, 0.15) is 5.82 Å². The van der Waals surface area contributed by atoms with Gasteiger partial charge in [-0.05, 0) is 6.92 Å². The van der Waals surface area contributed by atoms with E-state index in [2.05, 4.69) is 9.97 Å². The van der Waals surface area contributed by atoms with Gasteiger partial charge in [-0.3, -0.25) is 0 Å². The molecule has 0 aliphatic heterocycles. The first kappa shape index (κ1) is 30.0. The van der Waals surface area contributed by atoms with Crippen LogP contribution in [0.2, 0.25) is 0 Å². The number of hydrogen-bond acceptors (Lipinski definition) is 3. The van der Waals surface area contributed by atoms with Crippen molar-refractivity contribution in [1.29, 1.82) is 0 Å². The summed E-state index contributed by atoms with van der Waals surface area (Å²) in [7, 11) is 0. The number of aromatic nitrogens is 2. The van der Waals surface area contributed by atoms with Gasteiger partial charge >= 0.3 is 0 Å². The van der Waals surface area contributed by atoms with Crippen LogP contribution in [0.4, 0.5) is 0 Å². The maximum atomic E-state index is 4.72. The Morgan fingerprint density at radius 2 is 1.22 bits per heavy atom. The SMILES string of the molecule is CC.CC.CC.CC.Cc1ncc[nH]1.N/C=C\N. The van der Waals surface area contributed by atoms with Crippen molar-refractivity contribution in [3.8, 4) is 0 Å². The van der Waals surface area contributed by atoms with Crippen LogP contribution < -0.4 is 11.5 Å². The van der Waals surface area contributed by atoms with E-state index in [0.717, 1.165) is 5.82 Å². The number of aryl methyl sites for hydroxylation is 1. The third-order valence-corrected chi connectivity index (χ3v) is 0.746. The molecule has 0 aliphatic carbocycles. The molecule has 0 aliphatic rings. The van der Waals surface area contributed by atoms with E-state index in [1.54, 1.807) is 12.4 Å². The van der Waals surface area contributed by atoms with Gasteiger partial charge in [-0.1, -0.05) is 55.4 Å². The normalized spacial score (nSPS) is 6.28. The van der Waals surface area contributed by atoms with Gasteiger partial charge in [-0.2, -0.15) is 0 Å². The van der Waals surface area contributed by atoms with Crippen LogP contribution in [0.25, 0.3) is 0 Å². The molecule has 0 bridgehead atoms. The minimum atomic E-state index is 0.968. The number of aromatic amines is 1. The lowest BCUT2D eigenvalue weighted by atomic mass is 10.8. The maximum absolute atomic E-state index is 4.72. The van der Waals surface area contributed by atoms with E-state index >= 15 is 0 Å². The van der Waals surface area contributed by atoms with E-state index in [1.807, 2.05) is 62.3 Å². The summed E-state index contributed by atoms with van der Waals surface area (Å²) in [5, 5.41) is 0. The molecule has 1 aromatic rings. The van der Waals surface area contributed by atoms with Crippen LogP contribution in [0.3, 0.4) is 0 Å². The van der Waals surface area contributed by atoms with Gasteiger partial charge in [-0.25, -0.2) is 4.98 Å². The number of rotatable bonds is 0. The van der Waals surface area contributed by atoms with E-state index < -0.39 is 0 Å². The van der Waals surface area contributed by atoms with Gasteiger partial charge in [0, 0.05) is 24.8 Å². The van der Waals surface area contributed by atoms with Crippen molar-refractivity contribution in [3.05, 3.63) is 30.6 Å². The van der Waals surface area contributed by atoms with Crippen LogP contribution in [0.15, 0.2) is 24.8 Å². The second-order valence-corrected chi connectivity index (χ2v) is 1.56. The van der Waals surface area contributed by atoms with Crippen molar-refractivity contribution in [2.24, 2.45) is 11.5 Å². The zero-order valence-corrected chi connectivity index (χ0v) is 13.9. The predicted molar refractivity (Wildman–Crippen MR) is 86.2 cm³/mol. The zero-order valence-electron chi connectivity index (χ0n) is 13.9. The summed E-state index contributed by atoms with van der Waals surface area (Å²) >= 11 is 0. The van der Waals surface area contributed by atoms with Crippen LogP contribution in [-0.4, -0.2) is 9.97 Å². The van der Waals surface area contributed by atoms with Gasteiger partial charge in [0.2, 0.25) is 0 Å². The second kappa shape index (κ2) is 57.8. The van der Waals surface area contributed by atoms with E-state index in [4.69, 9.17) is 11.5 Å². The van der Waals surface area contributed by atoms with Crippen molar-refractivity contribution in [2.75, 3.05) is 0 Å². The van der Waals surface area contributed by atoms with Crippen molar-refractivity contribution in [1.82, 2.24) is 9.97 Å². The molecule has 1 heterocycles. The highest BCUT2D eigenvalue weighted by atomic mass is 14.9. The molecule has 0 fully saturated rings. The average molecular weight is 260 g/mol. The molecule has 4 heteroatoms. The molecule has 1 rings (SSSR count). The molecule has 0 saturated carbocycles. The molecule has 0 unspecified atom stereocenters. The van der Waals surface area contributed by atoms with Crippen molar-refractivity contribution >= 4 is 0 Å². The summed E-state index contributed by atoms with van der Waals surface area (Å²) in [6.07, 6.45) is 6.09. The Labute approximate surface area is 115 Å². The van der Waals surface area contributed by atoms with Crippen molar-refractivity contribution in [2.45, 2.75) is 62.3 Å². The second-order valence-electron chi connectivity index (χ2n) is 1.56. The Hall–Kier alpha value is -1.45. The molecular weight excluding hydrogens is 224 g/mol. The Bertz CT molecular complexity index is 166. The number of hydrogen-bond donors (Lipinski definition) is 3. The molecule has 0 radical (unpaired) electrons. The monoisotopic (exact) mass is 260 g/mol.